The molecule has 6 nitrogen and oxygen atoms in total. The summed E-state index contributed by atoms with van der Waals surface area (Å²) < 4.78 is 7.36. The molecule has 1 saturated heterocycles. The molecule has 1 aliphatic rings. The number of aromatic nitrogens is 3. The highest BCUT2D eigenvalue weighted by atomic mass is 32.1. The fourth-order valence-corrected chi connectivity index (χ4v) is 5.75. The van der Waals surface area contributed by atoms with Gasteiger partial charge in [-0.1, -0.05) is 24.3 Å². The van der Waals surface area contributed by atoms with Crippen molar-refractivity contribution in [2.24, 2.45) is 0 Å². The minimum atomic E-state index is -0.0667. The lowest BCUT2D eigenvalue weighted by atomic mass is 10.1. The van der Waals surface area contributed by atoms with Crippen LogP contribution in [0.25, 0.3) is 38.4 Å². The summed E-state index contributed by atoms with van der Waals surface area (Å²) in [5, 5.41) is 1.77. The molecular weight excluding hydrogens is 456 g/mol. The summed E-state index contributed by atoms with van der Waals surface area (Å²) in [6, 6.07) is 21.8. The van der Waals surface area contributed by atoms with Gasteiger partial charge in [-0.3, -0.25) is 14.3 Å². The van der Waals surface area contributed by atoms with Crippen LogP contribution in [0.5, 0.6) is 0 Å². The van der Waals surface area contributed by atoms with Crippen LogP contribution < -0.4 is 10.5 Å². The lowest BCUT2D eigenvalue weighted by molar-refractivity contribution is 0.123. The molecule has 0 saturated carbocycles. The number of benzene rings is 2. The molecule has 0 aliphatic carbocycles. The number of anilines is 1. The van der Waals surface area contributed by atoms with E-state index in [2.05, 4.69) is 16.0 Å². The Morgan fingerprint density at radius 1 is 0.943 bits per heavy atom. The van der Waals surface area contributed by atoms with Gasteiger partial charge in [-0.25, -0.2) is 4.98 Å². The van der Waals surface area contributed by atoms with Crippen LogP contribution in [-0.4, -0.2) is 40.8 Å². The fraction of sp³-hybridized carbons (Fsp3) is 0.179. The van der Waals surface area contributed by atoms with Crippen LogP contribution >= 0.6 is 11.3 Å². The van der Waals surface area contributed by atoms with Crippen molar-refractivity contribution in [1.82, 2.24) is 14.5 Å². The second-order valence-corrected chi connectivity index (χ2v) is 9.63. The average Bonchev–Trinajstić information content (AvgIpc) is 3.35. The molecule has 6 rings (SSSR count). The Hall–Kier alpha value is -3.81. The van der Waals surface area contributed by atoms with Gasteiger partial charge < -0.3 is 9.64 Å². The third-order valence-electron chi connectivity index (χ3n) is 6.26. The van der Waals surface area contributed by atoms with Crippen LogP contribution in [0.1, 0.15) is 5.56 Å². The topological polar surface area (TPSA) is 60.3 Å². The quantitative estimate of drug-likeness (QED) is 0.348. The molecule has 0 amide bonds. The van der Waals surface area contributed by atoms with E-state index in [9.17, 15) is 4.79 Å². The molecule has 3 aromatic heterocycles. The summed E-state index contributed by atoms with van der Waals surface area (Å²) in [6.45, 7) is 5.09. The summed E-state index contributed by atoms with van der Waals surface area (Å²) in [7, 11) is 0. The van der Waals surface area contributed by atoms with Gasteiger partial charge in [0.15, 0.2) is 5.82 Å². The summed E-state index contributed by atoms with van der Waals surface area (Å²) in [6.07, 6.45) is 3.62. The molecule has 2 aromatic carbocycles. The van der Waals surface area contributed by atoms with E-state index in [4.69, 9.17) is 9.72 Å². The number of pyridine rings is 1. The number of thiophene rings is 1. The van der Waals surface area contributed by atoms with E-state index in [1.54, 1.807) is 15.9 Å². The minimum Gasteiger partial charge on any atom is -0.378 e. The molecule has 0 atom stereocenters. The van der Waals surface area contributed by atoms with Crippen LogP contribution in [-0.2, 0) is 4.74 Å². The minimum absolute atomic E-state index is 0.0667. The molecule has 0 spiro atoms. The van der Waals surface area contributed by atoms with Crippen molar-refractivity contribution in [1.29, 1.82) is 0 Å². The smallest absolute Gasteiger partial charge is 0.266 e. The van der Waals surface area contributed by atoms with Crippen molar-refractivity contribution >= 4 is 27.2 Å². The van der Waals surface area contributed by atoms with Crippen molar-refractivity contribution in [2.75, 3.05) is 31.2 Å². The number of para-hydroxylation sites is 1. The molecule has 0 N–H and O–H groups in total. The maximum absolute atomic E-state index is 13.8. The zero-order valence-electron chi connectivity index (χ0n) is 19.3. The van der Waals surface area contributed by atoms with E-state index in [0.717, 1.165) is 45.3 Å². The SMILES string of the molecule is Cc1cccc(-n2c(-c3cc(-c4ccncc4)c(N4CCOCC4)s3)nc3ccccc3c2=O)c1. The number of morpholine rings is 1. The second kappa shape index (κ2) is 9.09. The zero-order valence-corrected chi connectivity index (χ0v) is 20.2. The van der Waals surface area contributed by atoms with Gasteiger partial charge in [0.05, 0.1) is 39.7 Å². The molecule has 35 heavy (non-hydrogen) atoms. The molecule has 5 aromatic rings. The molecule has 0 radical (unpaired) electrons. The van der Waals surface area contributed by atoms with Crippen LogP contribution in [0.15, 0.2) is 83.9 Å². The second-order valence-electron chi connectivity index (χ2n) is 8.60. The van der Waals surface area contributed by atoms with Crippen molar-refractivity contribution in [2.45, 2.75) is 6.92 Å². The molecule has 174 valence electrons. The number of hydrogen-bond donors (Lipinski definition) is 0. The van der Waals surface area contributed by atoms with Crippen LogP contribution in [0, 0.1) is 6.92 Å². The standard InChI is InChI=1S/C28H24N4O2S/c1-19-5-4-6-21(17-19)32-26(30-24-8-3-2-7-22(24)27(32)33)25-18-23(20-9-11-29-12-10-20)28(35-25)31-13-15-34-16-14-31/h2-12,17-18H,13-16H2,1H3. The summed E-state index contributed by atoms with van der Waals surface area (Å²) >= 11 is 1.67. The van der Waals surface area contributed by atoms with E-state index >= 15 is 0 Å². The molecule has 1 aliphatic heterocycles. The highest BCUT2D eigenvalue weighted by molar-refractivity contribution is 7.20. The van der Waals surface area contributed by atoms with Crippen molar-refractivity contribution < 1.29 is 4.74 Å². The summed E-state index contributed by atoms with van der Waals surface area (Å²) in [4.78, 5) is 26.3. The third kappa shape index (κ3) is 4.03. The monoisotopic (exact) mass is 480 g/mol. The van der Waals surface area contributed by atoms with E-state index < -0.39 is 0 Å². The summed E-state index contributed by atoms with van der Waals surface area (Å²) in [5.74, 6) is 0.652. The molecule has 7 heteroatoms. The molecule has 0 unspecified atom stereocenters. The van der Waals surface area contributed by atoms with Crippen LogP contribution in [0.3, 0.4) is 0 Å². The largest absolute Gasteiger partial charge is 0.378 e. The van der Waals surface area contributed by atoms with Gasteiger partial charge in [0, 0.05) is 31.0 Å². The Kier molecular flexibility index (Phi) is 5.64. The van der Waals surface area contributed by atoms with Crippen LogP contribution in [0.2, 0.25) is 0 Å². The van der Waals surface area contributed by atoms with Gasteiger partial charge in [-0.05, 0) is 60.5 Å². The van der Waals surface area contributed by atoms with Gasteiger partial charge in [-0.2, -0.15) is 0 Å². The number of rotatable bonds is 4. The fourth-order valence-electron chi connectivity index (χ4n) is 4.54. The lowest BCUT2D eigenvalue weighted by Crippen LogP contribution is -2.35. The number of fused-ring (bicyclic) bond motifs is 1. The van der Waals surface area contributed by atoms with E-state index in [1.807, 2.05) is 80.0 Å². The van der Waals surface area contributed by atoms with Gasteiger partial charge >= 0.3 is 0 Å². The van der Waals surface area contributed by atoms with Gasteiger partial charge in [0.1, 0.15) is 0 Å². The molecule has 0 bridgehead atoms. The normalized spacial score (nSPS) is 13.9. The first-order valence-electron chi connectivity index (χ1n) is 11.7. The number of nitrogens with zero attached hydrogens (tertiary/aromatic N) is 4. The number of hydrogen-bond acceptors (Lipinski definition) is 6. The van der Waals surface area contributed by atoms with E-state index in [1.165, 1.54) is 0 Å². The number of ether oxygens (including phenoxy) is 1. The molecule has 4 heterocycles. The number of aryl methyl sites for hydroxylation is 1. The van der Waals surface area contributed by atoms with Gasteiger partial charge in [0.2, 0.25) is 0 Å². The predicted octanol–water partition coefficient (Wildman–Crippen LogP) is 5.32. The Bertz CT molecular complexity index is 1570. The highest BCUT2D eigenvalue weighted by Crippen LogP contribution is 2.43. The van der Waals surface area contributed by atoms with Crippen molar-refractivity contribution in [3.05, 3.63) is 95.0 Å². The molecular formula is C28H24N4O2S. The first kappa shape index (κ1) is 21.7. The van der Waals surface area contributed by atoms with Gasteiger partial charge in [0.25, 0.3) is 5.56 Å². The van der Waals surface area contributed by atoms with Gasteiger partial charge in [-0.15, -0.1) is 11.3 Å². The average molecular weight is 481 g/mol. The highest BCUT2D eigenvalue weighted by Gasteiger charge is 2.23. The van der Waals surface area contributed by atoms with Crippen molar-refractivity contribution in [3.8, 4) is 27.5 Å². The zero-order chi connectivity index (χ0) is 23.8. The maximum atomic E-state index is 13.8. The Labute approximate surface area is 207 Å². The van der Waals surface area contributed by atoms with E-state index in [-0.39, 0.29) is 5.56 Å². The van der Waals surface area contributed by atoms with Crippen molar-refractivity contribution in [3.63, 3.8) is 0 Å². The molecule has 1 fully saturated rings. The predicted molar refractivity (Wildman–Crippen MR) is 142 cm³/mol. The first-order valence-corrected chi connectivity index (χ1v) is 12.5. The maximum Gasteiger partial charge on any atom is 0.266 e. The Morgan fingerprint density at radius 2 is 1.74 bits per heavy atom. The third-order valence-corrected chi connectivity index (χ3v) is 7.45. The summed E-state index contributed by atoms with van der Waals surface area (Å²) in [5.41, 5.74) is 4.74. The Morgan fingerprint density at radius 3 is 2.54 bits per heavy atom. The Balaban J connectivity index is 1.62. The first-order chi connectivity index (χ1) is 17.2. The van der Waals surface area contributed by atoms with E-state index in [0.29, 0.717) is 29.9 Å². The lowest BCUT2D eigenvalue weighted by Gasteiger charge is -2.28. The van der Waals surface area contributed by atoms with Crippen LogP contribution in [0.4, 0.5) is 5.00 Å².